The second-order valence-corrected chi connectivity index (χ2v) is 11.1. The van der Waals surface area contributed by atoms with Crippen molar-refractivity contribution < 1.29 is 13.9 Å². The molecule has 1 amide bonds. The van der Waals surface area contributed by atoms with Crippen LogP contribution < -0.4 is 15.1 Å². The predicted octanol–water partition coefficient (Wildman–Crippen LogP) is 4.01. The monoisotopic (exact) mass is 522 g/mol. The highest BCUT2D eigenvalue weighted by atomic mass is 31.0. The third-order valence-corrected chi connectivity index (χ3v) is 7.24. The van der Waals surface area contributed by atoms with Crippen LogP contribution in [-0.4, -0.2) is 58.4 Å². The van der Waals surface area contributed by atoms with Gasteiger partial charge in [0.1, 0.15) is 17.7 Å². The molecule has 0 aliphatic carbocycles. The molecule has 0 bridgehead atoms. The molecule has 1 aliphatic heterocycles. The maximum Gasteiger partial charge on any atom is 0.264 e. The minimum absolute atomic E-state index is 0.0563. The van der Waals surface area contributed by atoms with E-state index in [1.807, 2.05) is 45.4 Å². The summed E-state index contributed by atoms with van der Waals surface area (Å²) >= 11 is 0. The van der Waals surface area contributed by atoms with Crippen molar-refractivity contribution in [3.63, 3.8) is 0 Å². The lowest BCUT2D eigenvalue weighted by molar-refractivity contribution is 0.0989. The van der Waals surface area contributed by atoms with Gasteiger partial charge < -0.3 is 14.5 Å². The lowest BCUT2D eigenvalue weighted by atomic mass is 9.99. The largest absolute Gasteiger partial charge is 0.378 e. The predicted molar refractivity (Wildman–Crippen MR) is 148 cm³/mol. The highest BCUT2D eigenvalue weighted by Gasteiger charge is 2.26. The molecule has 0 radical (unpaired) electrons. The average Bonchev–Trinajstić information content (AvgIpc) is 3.49. The van der Waals surface area contributed by atoms with E-state index in [0.717, 1.165) is 46.4 Å². The zero-order valence-electron chi connectivity index (χ0n) is 21.8. The number of rotatable bonds is 4. The third kappa shape index (κ3) is 4.74. The van der Waals surface area contributed by atoms with Crippen molar-refractivity contribution in [3.05, 3.63) is 60.1 Å². The summed E-state index contributed by atoms with van der Waals surface area (Å²) in [6.07, 6.45) is 5.15. The normalized spacial score (nSPS) is 14.4. The van der Waals surface area contributed by atoms with E-state index < -0.39 is 17.4 Å². The number of morpholine rings is 1. The van der Waals surface area contributed by atoms with Crippen LogP contribution in [0.1, 0.15) is 36.7 Å². The van der Waals surface area contributed by atoms with Gasteiger partial charge in [-0.2, -0.15) is 4.39 Å². The number of halogens is 1. The molecule has 1 fully saturated rings. The lowest BCUT2D eigenvalue weighted by Gasteiger charge is -2.30. The molecular weight excluding hydrogens is 490 g/mol. The molecule has 5 rings (SSSR count). The number of nitrogens with zero attached hydrogens (tertiary/aromatic N) is 6. The molecule has 3 aromatic heterocycles. The fourth-order valence-electron chi connectivity index (χ4n) is 4.66. The van der Waals surface area contributed by atoms with Gasteiger partial charge in [-0.3, -0.25) is 13.9 Å². The quantitative estimate of drug-likeness (QED) is 0.379. The molecule has 194 valence electrons. The Balaban J connectivity index is 1.56. The number of anilines is 2. The molecule has 1 aromatic carbocycles. The van der Waals surface area contributed by atoms with Crippen molar-refractivity contribution in [1.29, 1.82) is 0 Å². The Morgan fingerprint density at radius 2 is 1.89 bits per heavy atom. The molecule has 0 saturated carbocycles. The summed E-state index contributed by atoms with van der Waals surface area (Å²) in [4.78, 5) is 21.5. The van der Waals surface area contributed by atoms with E-state index in [0.29, 0.717) is 18.9 Å². The number of ether oxygens (including phenoxy) is 1. The van der Waals surface area contributed by atoms with Gasteiger partial charge in [-0.1, -0.05) is 0 Å². The number of hydrogen-bond acceptors (Lipinski definition) is 5. The van der Waals surface area contributed by atoms with E-state index >= 15 is 0 Å². The number of carbonyl (C=O) groups excluding carboxylic acids is 1. The molecule has 4 heterocycles. The van der Waals surface area contributed by atoms with Crippen LogP contribution in [0.2, 0.25) is 0 Å². The highest BCUT2D eigenvalue weighted by Crippen LogP contribution is 2.33. The summed E-state index contributed by atoms with van der Waals surface area (Å²) in [6.45, 7) is 10.7. The summed E-state index contributed by atoms with van der Waals surface area (Å²) in [5.41, 5.74) is 4.24. The number of aryl methyl sites for hydroxylation is 1. The molecule has 0 N–H and O–H groups in total. The number of aromatic nitrogens is 4. The maximum absolute atomic E-state index is 14.7. The van der Waals surface area contributed by atoms with E-state index in [4.69, 9.17) is 4.74 Å². The zero-order valence-corrected chi connectivity index (χ0v) is 23.0. The Kier molecular flexibility index (Phi) is 6.54. The van der Waals surface area contributed by atoms with Crippen LogP contribution in [0.5, 0.6) is 0 Å². The lowest BCUT2D eigenvalue weighted by Crippen LogP contribution is -2.37. The summed E-state index contributed by atoms with van der Waals surface area (Å²) in [5.74, 6) is -0.178. The first-order valence-corrected chi connectivity index (χ1v) is 12.9. The Hall–Kier alpha value is -3.29. The van der Waals surface area contributed by atoms with Crippen molar-refractivity contribution in [3.8, 4) is 11.1 Å². The van der Waals surface area contributed by atoms with Gasteiger partial charge in [-0.15, -0.1) is 14.3 Å². The van der Waals surface area contributed by atoms with E-state index in [2.05, 4.69) is 47.7 Å². The Labute approximate surface area is 218 Å². The topological polar surface area (TPSA) is 67.9 Å². The third-order valence-electron chi connectivity index (χ3n) is 6.77. The summed E-state index contributed by atoms with van der Waals surface area (Å²) < 4.78 is 23.8. The summed E-state index contributed by atoms with van der Waals surface area (Å²) in [5, 5.41) is 4.78. The molecule has 10 heteroatoms. The minimum atomic E-state index is -0.772. The van der Waals surface area contributed by atoms with Crippen LogP contribution in [-0.2, 0) is 10.3 Å². The maximum atomic E-state index is 14.7. The van der Waals surface area contributed by atoms with Gasteiger partial charge in [0.2, 0.25) is 5.95 Å². The van der Waals surface area contributed by atoms with Crippen LogP contribution in [0.4, 0.5) is 15.9 Å². The number of benzene rings is 1. The van der Waals surface area contributed by atoms with Gasteiger partial charge in [0.15, 0.2) is 0 Å². The van der Waals surface area contributed by atoms with E-state index in [1.165, 1.54) is 15.8 Å². The number of amides is 1. The number of imidazole rings is 1. The molecule has 1 saturated heterocycles. The molecule has 4 aromatic rings. The first-order valence-electron chi connectivity index (χ1n) is 12.3. The second-order valence-electron chi connectivity index (χ2n) is 10.4. The number of hydrogen-bond donors (Lipinski definition) is 0. The van der Waals surface area contributed by atoms with Crippen molar-refractivity contribution in [2.75, 3.05) is 43.2 Å². The minimum Gasteiger partial charge on any atom is -0.378 e. The SMILES string of the molecule is Cc1cc(P)c(N(C)C(=O)c2cn(C(C)(C)C)nc2F)cc1-c1cc(N2CCOCC2)n2cncc2c1. The van der Waals surface area contributed by atoms with Crippen molar-refractivity contribution in [2.45, 2.75) is 33.2 Å². The van der Waals surface area contributed by atoms with Crippen LogP contribution in [0, 0.1) is 12.9 Å². The average molecular weight is 523 g/mol. The summed E-state index contributed by atoms with van der Waals surface area (Å²) in [7, 11) is 4.36. The molecule has 8 nitrogen and oxygen atoms in total. The van der Waals surface area contributed by atoms with Crippen LogP contribution in [0.25, 0.3) is 16.6 Å². The van der Waals surface area contributed by atoms with Gasteiger partial charge in [0.25, 0.3) is 5.91 Å². The van der Waals surface area contributed by atoms with Gasteiger partial charge in [-0.05, 0) is 74.0 Å². The number of pyridine rings is 1. The first-order chi connectivity index (χ1) is 17.5. The van der Waals surface area contributed by atoms with Gasteiger partial charge in [-0.25, -0.2) is 4.98 Å². The molecule has 37 heavy (non-hydrogen) atoms. The van der Waals surface area contributed by atoms with Crippen LogP contribution in [0.3, 0.4) is 0 Å². The Morgan fingerprint density at radius 1 is 1.16 bits per heavy atom. The Morgan fingerprint density at radius 3 is 2.57 bits per heavy atom. The van der Waals surface area contributed by atoms with Gasteiger partial charge in [0, 0.05) is 26.3 Å². The molecule has 0 spiro atoms. The van der Waals surface area contributed by atoms with Gasteiger partial charge >= 0.3 is 0 Å². The smallest absolute Gasteiger partial charge is 0.264 e. The van der Waals surface area contributed by atoms with Gasteiger partial charge in [0.05, 0.1) is 36.2 Å². The van der Waals surface area contributed by atoms with Crippen LogP contribution in [0.15, 0.2) is 43.0 Å². The molecular formula is C27H32FN6O2P. The molecule has 1 unspecified atom stereocenters. The fraction of sp³-hybridized carbons (Fsp3) is 0.370. The molecule has 1 aliphatic rings. The van der Waals surface area contributed by atoms with E-state index in [1.54, 1.807) is 7.05 Å². The fourth-order valence-corrected chi connectivity index (χ4v) is 5.18. The zero-order chi connectivity index (χ0) is 26.5. The van der Waals surface area contributed by atoms with Crippen LogP contribution >= 0.6 is 9.24 Å². The number of carbonyl (C=O) groups is 1. The van der Waals surface area contributed by atoms with E-state index in [9.17, 15) is 9.18 Å². The van der Waals surface area contributed by atoms with Crippen molar-refractivity contribution in [2.24, 2.45) is 0 Å². The molecule has 1 atom stereocenters. The standard InChI is InChI=1S/C27H32FN6O2P/c1-17-10-23(37)22(31(5)26(35)21-15-34(27(2,3)4)30-25(21)28)13-20(17)18-11-19-14-29-16-33(19)24(12-18)32-6-8-36-9-7-32/h10-16H,6-9,37H2,1-5H3. The van der Waals surface area contributed by atoms with E-state index in [-0.39, 0.29) is 5.56 Å². The summed E-state index contributed by atoms with van der Waals surface area (Å²) in [6, 6.07) is 8.28. The first kappa shape index (κ1) is 25.4. The second kappa shape index (κ2) is 9.54. The highest BCUT2D eigenvalue weighted by molar-refractivity contribution is 7.28. The van der Waals surface area contributed by atoms with Crippen molar-refractivity contribution >= 4 is 37.5 Å². The Bertz CT molecular complexity index is 1480. The van der Waals surface area contributed by atoms with Crippen molar-refractivity contribution in [1.82, 2.24) is 19.2 Å². The number of fused-ring (bicyclic) bond motifs is 1.